The molecule has 0 saturated carbocycles. The summed E-state index contributed by atoms with van der Waals surface area (Å²) < 4.78 is 0. The van der Waals surface area contributed by atoms with Crippen LogP contribution in [0.4, 0.5) is 0 Å². The highest BCUT2D eigenvalue weighted by atomic mass is 35.5. The molecular formula is C12H15ClN4O. The Bertz CT molecular complexity index is 467. The minimum Gasteiger partial charge on any atom is -0.346 e. The lowest BCUT2D eigenvalue weighted by atomic mass is 10.1. The molecule has 0 spiro atoms. The van der Waals surface area contributed by atoms with Crippen LogP contribution in [0.25, 0.3) is 0 Å². The summed E-state index contributed by atoms with van der Waals surface area (Å²) in [5, 5.41) is 3.30. The van der Waals surface area contributed by atoms with Gasteiger partial charge in [-0.15, -0.1) is 0 Å². The number of aromatic nitrogens is 2. The van der Waals surface area contributed by atoms with Crippen LogP contribution in [0, 0.1) is 0 Å². The Morgan fingerprint density at radius 3 is 3.11 bits per heavy atom. The Kier molecular flexibility index (Phi) is 3.18. The summed E-state index contributed by atoms with van der Waals surface area (Å²) in [4.78, 5) is 22.4. The van der Waals surface area contributed by atoms with Gasteiger partial charge in [0.25, 0.3) is 5.91 Å². The number of nitrogens with one attached hydrogen (secondary N) is 1. The number of nitrogens with zero attached hydrogens (tertiary/aromatic N) is 3. The van der Waals surface area contributed by atoms with Crippen LogP contribution in [0.3, 0.4) is 0 Å². The van der Waals surface area contributed by atoms with Gasteiger partial charge in [-0.3, -0.25) is 14.7 Å². The van der Waals surface area contributed by atoms with Crippen molar-refractivity contribution in [2.75, 3.05) is 13.1 Å². The largest absolute Gasteiger partial charge is 0.346 e. The summed E-state index contributed by atoms with van der Waals surface area (Å²) in [7, 11) is 0. The van der Waals surface area contributed by atoms with E-state index in [4.69, 9.17) is 11.6 Å². The normalized spacial score (nSPS) is 27.2. The first-order valence-electron chi connectivity index (χ1n) is 6.26. The van der Waals surface area contributed by atoms with Gasteiger partial charge in [0.15, 0.2) is 0 Å². The molecule has 3 heterocycles. The van der Waals surface area contributed by atoms with Crippen LogP contribution in [0.2, 0.25) is 5.15 Å². The Balaban J connectivity index is 1.68. The molecule has 2 atom stereocenters. The van der Waals surface area contributed by atoms with E-state index in [2.05, 4.69) is 20.2 Å². The van der Waals surface area contributed by atoms with Crippen molar-refractivity contribution in [1.29, 1.82) is 0 Å². The number of carbonyl (C=O) groups excluding carboxylic acids is 1. The fourth-order valence-corrected chi connectivity index (χ4v) is 3.09. The topological polar surface area (TPSA) is 58.1 Å². The standard InChI is InChI=1S/C12H15ClN4O/c13-11-7-14-6-9(15-11)12(18)16-8-3-5-17-4-1-2-10(8)17/h6-8,10H,1-5H2,(H,16,18). The molecule has 1 N–H and O–H groups in total. The van der Waals surface area contributed by atoms with Crippen LogP contribution in [-0.2, 0) is 0 Å². The van der Waals surface area contributed by atoms with E-state index < -0.39 is 0 Å². The number of rotatable bonds is 2. The van der Waals surface area contributed by atoms with Gasteiger partial charge >= 0.3 is 0 Å². The molecule has 1 aromatic rings. The molecule has 1 aromatic heterocycles. The SMILES string of the molecule is O=C(NC1CCN2CCCC12)c1cncc(Cl)n1. The average molecular weight is 267 g/mol. The van der Waals surface area contributed by atoms with Crippen LogP contribution < -0.4 is 5.32 Å². The van der Waals surface area contributed by atoms with E-state index in [1.165, 1.54) is 25.2 Å². The van der Waals surface area contributed by atoms with Gasteiger partial charge < -0.3 is 5.32 Å². The van der Waals surface area contributed by atoms with Crippen LogP contribution in [0.1, 0.15) is 29.8 Å². The van der Waals surface area contributed by atoms with Crippen molar-refractivity contribution in [2.24, 2.45) is 0 Å². The van der Waals surface area contributed by atoms with Crippen molar-refractivity contribution < 1.29 is 4.79 Å². The molecule has 96 valence electrons. The summed E-state index contributed by atoms with van der Waals surface area (Å²) in [6.45, 7) is 2.24. The Hall–Kier alpha value is -1.20. The maximum Gasteiger partial charge on any atom is 0.271 e. The third-order valence-corrected chi connectivity index (χ3v) is 3.94. The highest BCUT2D eigenvalue weighted by Crippen LogP contribution is 2.27. The Morgan fingerprint density at radius 1 is 1.39 bits per heavy atom. The molecular weight excluding hydrogens is 252 g/mol. The van der Waals surface area contributed by atoms with E-state index in [0.717, 1.165) is 19.5 Å². The second-order valence-electron chi connectivity index (χ2n) is 4.84. The first-order valence-corrected chi connectivity index (χ1v) is 6.64. The molecule has 2 aliphatic rings. The number of carbonyl (C=O) groups is 1. The molecule has 0 bridgehead atoms. The van der Waals surface area contributed by atoms with Crippen molar-refractivity contribution in [3.63, 3.8) is 0 Å². The van der Waals surface area contributed by atoms with Gasteiger partial charge in [-0.05, 0) is 25.8 Å². The zero-order valence-corrected chi connectivity index (χ0v) is 10.7. The highest BCUT2D eigenvalue weighted by molar-refractivity contribution is 6.29. The Labute approximate surface area is 111 Å². The lowest BCUT2D eigenvalue weighted by Crippen LogP contribution is -2.42. The second kappa shape index (κ2) is 4.82. The van der Waals surface area contributed by atoms with Crippen molar-refractivity contribution >= 4 is 17.5 Å². The van der Waals surface area contributed by atoms with Crippen LogP contribution in [-0.4, -0.2) is 45.9 Å². The monoisotopic (exact) mass is 266 g/mol. The highest BCUT2D eigenvalue weighted by Gasteiger charge is 2.37. The Morgan fingerprint density at radius 2 is 2.28 bits per heavy atom. The zero-order valence-electron chi connectivity index (χ0n) is 9.97. The van der Waals surface area contributed by atoms with E-state index in [-0.39, 0.29) is 17.1 Å². The van der Waals surface area contributed by atoms with Gasteiger partial charge in [-0.25, -0.2) is 4.98 Å². The van der Waals surface area contributed by atoms with E-state index in [9.17, 15) is 4.79 Å². The van der Waals surface area contributed by atoms with Crippen molar-refractivity contribution in [1.82, 2.24) is 20.2 Å². The minimum absolute atomic E-state index is 0.177. The summed E-state index contributed by atoms with van der Waals surface area (Å²) in [6, 6.07) is 0.738. The van der Waals surface area contributed by atoms with E-state index >= 15 is 0 Å². The lowest BCUT2D eigenvalue weighted by molar-refractivity contribution is 0.0924. The predicted molar refractivity (Wildman–Crippen MR) is 67.5 cm³/mol. The van der Waals surface area contributed by atoms with Gasteiger partial charge in [0, 0.05) is 18.6 Å². The minimum atomic E-state index is -0.177. The smallest absolute Gasteiger partial charge is 0.271 e. The molecule has 2 aliphatic heterocycles. The fraction of sp³-hybridized carbons (Fsp3) is 0.583. The summed E-state index contributed by atoms with van der Waals surface area (Å²) in [5.41, 5.74) is 0.291. The average Bonchev–Trinajstić information content (AvgIpc) is 2.94. The molecule has 5 nitrogen and oxygen atoms in total. The molecule has 2 unspecified atom stereocenters. The number of halogens is 1. The van der Waals surface area contributed by atoms with E-state index in [0.29, 0.717) is 11.7 Å². The molecule has 2 fully saturated rings. The number of hydrogen-bond acceptors (Lipinski definition) is 4. The molecule has 1 amide bonds. The molecule has 6 heteroatoms. The van der Waals surface area contributed by atoms with Gasteiger partial charge in [-0.1, -0.05) is 11.6 Å². The number of fused-ring (bicyclic) bond motifs is 1. The zero-order chi connectivity index (χ0) is 12.5. The van der Waals surface area contributed by atoms with Crippen LogP contribution >= 0.6 is 11.6 Å². The maximum atomic E-state index is 12.1. The van der Waals surface area contributed by atoms with Gasteiger partial charge in [0.05, 0.1) is 12.4 Å². The lowest BCUT2D eigenvalue weighted by Gasteiger charge is -2.20. The third-order valence-electron chi connectivity index (χ3n) is 3.76. The molecule has 2 saturated heterocycles. The van der Waals surface area contributed by atoms with Gasteiger partial charge in [0.1, 0.15) is 10.8 Å². The first-order chi connectivity index (χ1) is 8.74. The summed E-state index contributed by atoms with van der Waals surface area (Å²) in [6.07, 6.45) is 6.29. The quantitative estimate of drug-likeness (QED) is 0.871. The second-order valence-corrected chi connectivity index (χ2v) is 5.23. The molecule has 0 aromatic carbocycles. The van der Waals surface area contributed by atoms with Gasteiger partial charge in [0.2, 0.25) is 0 Å². The number of hydrogen-bond donors (Lipinski definition) is 1. The molecule has 3 rings (SSSR count). The van der Waals surface area contributed by atoms with Crippen molar-refractivity contribution in [3.05, 3.63) is 23.2 Å². The number of amides is 1. The van der Waals surface area contributed by atoms with E-state index in [1.807, 2.05) is 0 Å². The van der Waals surface area contributed by atoms with E-state index in [1.54, 1.807) is 0 Å². The van der Waals surface area contributed by atoms with Crippen LogP contribution in [0.15, 0.2) is 12.4 Å². The maximum absolute atomic E-state index is 12.1. The van der Waals surface area contributed by atoms with Crippen molar-refractivity contribution in [3.8, 4) is 0 Å². The molecule has 18 heavy (non-hydrogen) atoms. The molecule has 0 aliphatic carbocycles. The van der Waals surface area contributed by atoms with Gasteiger partial charge in [-0.2, -0.15) is 0 Å². The predicted octanol–water partition coefficient (Wildman–Crippen LogP) is 1.10. The van der Waals surface area contributed by atoms with Crippen molar-refractivity contribution in [2.45, 2.75) is 31.3 Å². The molecule has 0 radical (unpaired) electrons. The van der Waals surface area contributed by atoms with Crippen LogP contribution in [0.5, 0.6) is 0 Å². The first kappa shape index (κ1) is 11.9. The summed E-state index contributed by atoms with van der Waals surface area (Å²) >= 11 is 5.73. The summed E-state index contributed by atoms with van der Waals surface area (Å²) in [5.74, 6) is -0.177. The third kappa shape index (κ3) is 2.20. The fourth-order valence-electron chi connectivity index (χ4n) is 2.94.